The van der Waals surface area contributed by atoms with Crippen molar-refractivity contribution in [2.45, 2.75) is 98.7 Å². The zero-order valence-electron chi connectivity index (χ0n) is 15.7. The maximum Gasteiger partial charge on any atom is 0.0257 e. The standard InChI is InChI=1S/C19H40N2/c1-8-16(9-2)21(14-15(4)5)18-13-19(6,7)12-11-17(18)20-10-3/h15-18,20H,8-14H2,1-7H3. The highest BCUT2D eigenvalue weighted by Crippen LogP contribution is 2.38. The third-order valence-electron chi connectivity index (χ3n) is 5.24. The van der Waals surface area contributed by atoms with Crippen LogP contribution in [-0.4, -0.2) is 36.1 Å². The Labute approximate surface area is 134 Å². The molecule has 2 heteroatoms. The van der Waals surface area contributed by atoms with Gasteiger partial charge in [0.25, 0.3) is 0 Å². The number of nitrogens with one attached hydrogen (secondary N) is 1. The van der Waals surface area contributed by atoms with Crippen LogP contribution in [0.5, 0.6) is 0 Å². The van der Waals surface area contributed by atoms with Crippen LogP contribution in [0.1, 0.15) is 80.6 Å². The van der Waals surface area contributed by atoms with Gasteiger partial charge < -0.3 is 5.32 Å². The van der Waals surface area contributed by atoms with Gasteiger partial charge in [-0.1, -0.05) is 48.5 Å². The van der Waals surface area contributed by atoms with Crippen molar-refractivity contribution in [1.29, 1.82) is 0 Å². The average molecular weight is 297 g/mol. The fraction of sp³-hybridized carbons (Fsp3) is 1.00. The zero-order chi connectivity index (χ0) is 16.0. The predicted octanol–water partition coefficient (Wildman–Crippen LogP) is 4.69. The van der Waals surface area contributed by atoms with Gasteiger partial charge in [-0.2, -0.15) is 0 Å². The molecule has 0 saturated heterocycles. The molecule has 2 unspecified atom stereocenters. The lowest BCUT2D eigenvalue weighted by Gasteiger charge is -2.49. The number of likely N-dealkylation sites (N-methyl/N-ethyl adjacent to an activating group) is 1. The Kier molecular flexibility index (Phi) is 7.70. The summed E-state index contributed by atoms with van der Waals surface area (Å²) in [4.78, 5) is 2.86. The lowest BCUT2D eigenvalue weighted by molar-refractivity contribution is 0.0251. The molecule has 0 amide bonds. The molecular weight excluding hydrogens is 256 g/mol. The molecule has 0 spiro atoms. The lowest BCUT2D eigenvalue weighted by Crippen LogP contribution is -2.58. The first kappa shape index (κ1) is 19.0. The molecule has 0 bridgehead atoms. The molecule has 2 nitrogen and oxygen atoms in total. The van der Waals surface area contributed by atoms with Gasteiger partial charge in [-0.3, -0.25) is 4.90 Å². The zero-order valence-corrected chi connectivity index (χ0v) is 15.7. The van der Waals surface area contributed by atoms with E-state index in [1.54, 1.807) is 0 Å². The Hall–Kier alpha value is -0.0800. The third-order valence-corrected chi connectivity index (χ3v) is 5.24. The maximum atomic E-state index is 3.79. The highest BCUT2D eigenvalue weighted by atomic mass is 15.2. The van der Waals surface area contributed by atoms with E-state index in [1.807, 2.05) is 0 Å². The normalized spacial score (nSPS) is 26.0. The van der Waals surface area contributed by atoms with E-state index < -0.39 is 0 Å². The summed E-state index contributed by atoms with van der Waals surface area (Å²) in [5.74, 6) is 0.748. The largest absolute Gasteiger partial charge is 0.313 e. The molecule has 0 radical (unpaired) electrons. The van der Waals surface area contributed by atoms with E-state index in [4.69, 9.17) is 0 Å². The van der Waals surface area contributed by atoms with Crippen molar-refractivity contribution in [3.8, 4) is 0 Å². The van der Waals surface area contributed by atoms with Gasteiger partial charge in [0.2, 0.25) is 0 Å². The van der Waals surface area contributed by atoms with Crippen LogP contribution in [0.2, 0.25) is 0 Å². The second-order valence-corrected chi connectivity index (χ2v) is 8.20. The number of rotatable bonds is 8. The minimum Gasteiger partial charge on any atom is -0.313 e. The third kappa shape index (κ3) is 5.56. The molecule has 1 aliphatic rings. The van der Waals surface area contributed by atoms with Crippen molar-refractivity contribution in [1.82, 2.24) is 10.2 Å². The molecule has 21 heavy (non-hydrogen) atoms. The van der Waals surface area contributed by atoms with Crippen molar-refractivity contribution in [3.05, 3.63) is 0 Å². The average Bonchev–Trinajstić information content (AvgIpc) is 2.40. The van der Waals surface area contributed by atoms with Gasteiger partial charge in [0.1, 0.15) is 0 Å². The fourth-order valence-corrected chi connectivity index (χ4v) is 4.13. The monoisotopic (exact) mass is 296 g/mol. The molecule has 1 N–H and O–H groups in total. The molecule has 0 aliphatic heterocycles. The van der Waals surface area contributed by atoms with Gasteiger partial charge in [0.05, 0.1) is 0 Å². The SMILES string of the molecule is CCNC1CCC(C)(C)CC1N(CC(C)C)C(CC)CC. The van der Waals surface area contributed by atoms with Gasteiger partial charge in [-0.25, -0.2) is 0 Å². The Bertz CT molecular complexity index is 281. The fourth-order valence-electron chi connectivity index (χ4n) is 4.13. The first-order valence-electron chi connectivity index (χ1n) is 9.33. The predicted molar refractivity (Wildman–Crippen MR) is 94.8 cm³/mol. The maximum absolute atomic E-state index is 3.79. The van der Waals surface area contributed by atoms with Crippen LogP contribution in [0.3, 0.4) is 0 Å². The molecular formula is C19H40N2. The Morgan fingerprint density at radius 3 is 2.24 bits per heavy atom. The molecule has 1 saturated carbocycles. The van der Waals surface area contributed by atoms with Crippen molar-refractivity contribution in [2.75, 3.05) is 13.1 Å². The minimum absolute atomic E-state index is 0.498. The van der Waals surface area contributed by atoms with E-state index in [0.717, 1.165) is 18.5 Å². The molecule has 1 fully saturated rings. The minimum atomic E-state index is 0.498. The van der Waals surface area contributed by atoms with E-state index in [0.29, 0.717) is 17.5 Å². The van der Waals surface area contributed by atoms with Crippen LogP contribution < -0.4 is 5.32 Å². The second kappa shape index (κ2) is 8.53. The highest BCUT2D eigenvalue weighted by Gasteiger charge is 2.39. The summed E-state index contributed by atoms with van der Waals surface area (Å²) >= 11 is 0. The lowest BCUT2D eigenvalue weighted by atomic mass is 9.72. The first-order chi connectivity index (χ1) is 9.84. The van der Waals surface area contributed by atoms with Crippen LogP contribution in [0.15, 0.2) is 0 Å². The van der Waals surface area contributed by atoms with Gasteiger partial charge in [0, 0.05) is 24.7 Å². The molecule has 2 atom stereocenters. The van der Waals surface area contributed by atoms with E-state index in [2.05, 4.69) is 58.7 Å². The summed E-state index contributed by atoms with van der Waals surface area (Å²) in [6.45, 7) is 19.0. The molecule has 0 heterocycles. The molecule has 0 aromatic rings. The van der Waals surface area contributed by atoms with Gasteiger partial charge in [0.15, 0.2) is 0 Å². The number of hydrogen-bond acceptors (Lipinski definition) is 2. The summed E-state index contributed by atoms with van der Waals surface area (Å²) < 4.78 is 0. The summed E-state index contributed by atoms with van der Waals surface area (Å²) in [7, 11) is 0. The van der Waals surface area contributed by atoms with E-state index >= 15 is 0 Å². The van der Waals surface area contributed by atoms with Crippen LogP contribution in [0, 0.1) is 11.3 Å². The number of hydrogen-bond donors (Lipinski definition) is 1. The Morgan fingerprint density at radius 1 is 1.14 bits per heavy atom. The topological polar surface area (TPSA) is 15.3 Å². The summed E-state index contributed by atoms with van der Waals surface area (Å²) in [6.07, 6.45) is 6.59. The van der Waals surface area contributed by atoms with Crippen LogP contribution in [-0.2, 0) is 0 Å². The van der Waals surface area contributed by atoms with Gasteiger partial charge >= 0.3 is 0 Å². The Balaban J connectivity index is 2.96. The van der Waals surface area contributed by atoms with Crippen molar-refractivity contribution < 1.29 is 0 Å². The van der Waals surface area contributed by atoms with E-state index in [1.165, 1.54) is 38.6 Å². The quantitative estimate of drug-likeness (QED) is 0.699. The Morgan fingerprint density at radius 2 is 1.76 bits per heavy atom. The van der Waals surface area contributed by atoms with Crippen LogP contribution >= 0.6 is 0 Å². The summed E-state index contributed by atoms with van der Waals surface area (Å²) in [6, 6.07) is 2.14. The van der Waals surface area contributed by atoms with E-state index in [-0.39, 0.29) is 0 Å². The summed E-state index contributed by atoms with van der Waals surface area (Å²) in [5, 5.41) is 3.79. The van der Waals surface area contributed by atoms with Crippen molar-refractivity contribution in [2.24, 2.45) is 11.3 Å². The molecule has 1 aliphatic carbocycles. The second-order valence-electron chi connectivity index (χ2n) is 8.20. The molecule has 126 valence electrons. The smallest absolute Gasteiger partial charge is 0.0257 e. The van der Waals surface area contributed by atoms with Gasteiger partial charge in [-0.15, -0.1) is 0 Å². The van der Waals surface area contributed by atoms with Crippen LogP contribution in [0.25, 0.3) is 0 Å². The van der Waals surface area contributed by atoms with E-state index in [9.17, 15) is 0 Å². The molecule has 1 rings (SSSR count). The van der Waals surface area contributed by atoms with Crippen LogP contribution in [0.4, 0.5) is 0 Å². The van der Waals surface area contributed by atoms with Gasteiger partial charge in [-0.05, 0) is 50.0 Å². The highest BCUT2D eigenvalue weighted by molar-refractivity contribution is 4.96. The van der Waals surface area contributed by atoms with Crippen molar-refractivity contribution in [3.63, 3.8) is 0 Å². The number of nitrogens with zero attached hydrogens (tertiary/aromatic N) is 1. The first-order valence-corrected chi connectivity index (χ1v) is 9.33. The molecule has 0 aromatic carbocycles. The summed E-state index contributed by atoms with van der Waals surface area (Å²) in [5.41, 5.74) is 0.498. The van der Waals surface area contributed by atoms with Crippen molar-refractivity contribution >= 4 is 0 Å². The molecule has 0 aromatic heterocycles.